The number of carbonyl (C=O) groups is 2. The van der Waals surface area contributed by atoms with Crippen LogP contribution >= 0.6 is 0 Å². The Morgan fingerprint density at radius 3 is 2.38 bits per heavy atom. The zero-order chi connectivity index (χ0) is 20.2. The lowest BCUT2D eigenvalue weighted by molar-refractivity contribution is -0.132. The fourth-order valence-corrected chi connectivity index (χ4v) is 4.16. The number of phenols is 1. The third-order valence-corrected chi connectivity index (χ3v) is 5.83. The first-order valence-electron chi connectivity index (χ1n) is 10.3. The van der Waals surface area contributed by atoms with Gasteiger partial charge in [0.1, 0.15) is 5.75 Å². The van der Waals surface area contributed by atoms with Gasteiger partial charge in [-0.15, -0.1) is 0 Å². The van der Waals surface area contributed by atoms with Crippen LogP contribution in [0, 0.1) is 0 Å². The van der Waals surface area contributed by atoms with Gasteiger partial charge in [-0.25, -0.2) is 0 Å². The molecule has 0 spiro atoms. The fraction of sp³-hybridized carbons (Fsp3) is 0.391. The van der Waals surface area contributed by atoms with Crippen LogP contribution in [0.5, 0.6) is 5.75 Å². The molecule has 2 heterocycles. The summed E-state index contributed by atoms with van der Waals surface area (Å²) in [6.45, 7) is 3.75. The van der Waals surface area contributed by atoms with Gasteiger partial charge in [-0.05, 0) is 30.5 Å². The number of hydrogen-bond donors (Lipinski definition) is 1. The van der Waals surface area contributed by atoms with E-state index in [1.54, 1.807) is 18.2 Å². The highest BCUT2D eigenvalue weighted by Gasteiger charge is 2.27. The lowest BCUT2D eigenvalue weighted by Crippen LogP contribution is -2.52. The number of para-hydroxylation sites is 2. The second-order valence-corrected chi connectivity index (χ2v) is 7.74. The van der Waals surface area contributed by atoms with Gasteiger partial charge in [0, 0.05) is 44.0 Å². The van der Waals surface area contributed by atoms with E-state index in [0.29, 0.717) is 38.3 Å². The molecule has 2 aliphatic heterocycles. The number of nitrogens with zero attached hydrogens (tertiary/aromatic N) is 3. The van der Waals surface area contributed by atoms with Gasteiger partial charge >= 0.3 is 0 Å². The number of amides is 2. The van der Waals surface area contributed by atoms with Crippen molar-refractivity contribution in [2.24, 2.45) is 0 Å². The van der Waals surface area contributed by atoms with E-state index in [0.717, 1.165) is 25.1 Å². The van der Waals surface area contributed by atoms with Crippen LogP contribution < -0.4 is 4.90 Å². The smallest absolute Gasteiger partial charge is 0.241 e. The summed E-state index contributed by atoms with van der Waals surface area (Å²) in [6, 6.07) is 15.1. The molecule has 0 aromatic heterocycles. The van der Waals surface area contributed by atoms with E-state index in [1.807, 2.05) is 34.1 Å². The van der Waals surface area contributed by atoms with Crippen LogP contribution in [0.15, 0.2) is 48.5 Å². The summed E-state index contributed by atoms with van der Waals surface area (Å²) in [5, 5.41) is 9.87. The van der Waals surface area contributed by atoms with Crippen molar-refractivity contribution in [1.29, 1.82) is 0 Å². The maximum Gasteiger partial charge on any atom is 0.241 e. The first kappa shape index (κ1) is 19.5. The Morgan fingerprint density at radius 1 is 0.862 bits per heavy atom. The zero-order valence-electron chi connectivity index (χ0n) is 16.6. The van der Waals surface area contributed by atoms with Crippen LogP contribution in [0.3, 0.4) is 0 Å². The quantitative estimate of drug-likeness (QED) is 0.864. The summed E-state index contributed by atoms with van der Waals surface area (Å²) < 4.78 is 0. The number of anilines is 1. The van der Waals surface area contributed by atoms with Gasteiger partial charge in [0.05, 0.1) is 13.0 Å². The summed E-state index contributed by atoms with van der Waals surface area (Å²) in [4.78, 5) is 31.3. The van der Waals surface area contributed by atoms with E-state index < -0.39 is 0 Å². The largest absolute Gasteiger partial charge is 0.508 e. The Kier molecular flexibility index (Phi) is 5.81. The van der Waals surface area contributed by atoms with Crippen LogP contribution in [0.2, 0.25) is 0 Å². The molecule has 0 atom stereocenters. The van der Waals surface area contributed by atoms with Crippen LogP contribution in [0.1, 0.15) is 17.5 Å². The summed E-state index contributed by atoms with van der Waals surface area (Å²) in [5.74, 6) is 0.306. The maximum absolute atomic E-state index is 12.9. The highest BCUT2D eigenvalue weighted by atomic mass is 16.3. The summed E-state index contributed by atoms with van der Waals surface area (Å²) in [5.41, 5.74) is 2.94. The van der Waals surface area contributed by atoms with Crippen molar-refractivity contribution < 1.29 is 14.7 Å². The Labute approximate surface area is 171 Å². The number of benzene rings is 2. The van der Waals surface area contributed by atoms with Crippen LogP contribution in [0.25, 0.3) is 0 Å². The van der Waals surface area contributed by atoms with E-state index in [1.165, 1.54) is 5.56 Å². The van der Waals surface area contributed by atoms with Gasteiger partial charge in [-0.1, -0.05) is 36.4 Å². The summed E-state index contributed by atoms with van der Waals surface area (Å²) in [6.07, 6.45) is 2.23. The molecule has 0 aliphatic carbocycles. The number of carbonyl (C=O) groups excluding carboxylic acids is 2. The third-order valence-electron chi connectivity index (χ3n) is 5.83. The van der Waals surface area contributed by atoms with Crippen molar-refractivity contribution in [2.45, 2.75) is 19.3 Å². The van der Waals surface area contributed by atoms with Crippen LogP contribution in [-0.4, -0.2) is 66.0 Å². The number of piperazine rings is 1. The van der Waals surface area contributed by atoms with Gasteiger partial charge in [-0.2, -0.15) is 0 Å². The first-order chi connectivity index (χ1) is 14.1. The van der Waals surface area contributed by atoms with Crippen molar-refractivity contribution >= 4 is 17.5 Å². The molecule has 0 unspecified atom stereocenters. The van der Waals surface area contributed by atoms with E-state index in [2.05, 4.69) is 11.0 Å². The number of rotatable bonds is 4. The number of fused-ring (bicyclic) bond motifs is 1. The molecule has 0 radical (unpaired) electrons. The van der Waals surface area contributed by atoms with Crippen molar-refractivity contribution in [3.8, 4) is 5.75 Å². The molecule has 0 saturated carbocycles. The number of aryl methyl sites for hydroxylation is 1. The van der Waals surface area contributed by atoms with Gasteiger partial charge < -0.3 is 14.9 Å². The molecule has 1 N–H and O–H groups in total. The highest BCUT2D eigenvalue weighted by Crippen LogP contribution is 2.27. The Bertz CT molecular complexity index is 890. The topological polar surface area (TPSA) is 64.1 Å². The summed E-state index contributed by atoms with van der Waals surface area (Å²) >= 11 is 0. The zero-order valence-corrected chi connectivity index (χ0v) is 16.6. The number of hydrogen-bond acceptors (Lipinski definition) is 4. The molecular weight excluding hydrogens is 366 g/mol. The minimum Gasteiger partial charge on any atom is -0.508 e. The highest BCUT2D eigenvalue weighted by molar-refractivity contribution is 5.96. The maximum atomic E-state index is 12.9. The average molecular weight is 393 g/mol. The van der Waals surface area contributed by atoms with Gasteiger partial charge in [-0.3, -0.25) is 14.5 Å². The number of aromatic hydroxyl groups is 1. The van der Waals surface area contributed by atoms with Gasteiger partial charge in [0.15, 0.2) is 0 Å². The first-order valence-corrected chi connectivity index (χ1v) is 10.3. The molecule has 6 nitrogen and oxygen atoms in total. The van der Waals surface area contributed by atoms with Crippen LogP contribution in [-0.2, 0) is 22.4 Å². The third kappa shape index (κ3) is 4.43. The molecule has 0 bridgehead atoms. The average Bonchev–Trinajstić information content (AvgIpc) is 2.75. The van der Waals surface area contributed by atoms with E-state index >= 15 is 0 Å². The van der Waals surface area contributed by atoms with Crippen molar-refractivity contribution in [1.82, 2.24) is 9.80 Å². The van der Waals surface area contributed by atoms with Crippen LogP contribution in [0.4, 0.5) is 5.69 Å². The lowest BCUT2D eigenvalue weighted by Gasteiger charge is -2.36. The van der Waals surface area contributed by atoms with E-state index in [9.17, 15) is 14.7 Å². The summed E-state index contributed by atoms with van der Waals surface area (Å²) in [7, 11) is 0. The van der Waals surface area contributed by atoms with E-state index in [4.69, 9.17) is 0 Å². The standard InChI is InChI=1S/C23H27N3O3/c27-21-10-4-2-7-19(21)16-22(28)25-14-12-24(13-15-25)17-23(29)26-11-5-8-18-6-1-3-9-20(18)26/h1-4,6-7,9-10,27H,5,8,11-17H2. The second-order valence-electron chi connectivity index (χ2n) is 7.74. The van der Waals surface area contributed by atoms with Crippen molar-refractivity contribution in [2.75, 3.05) is 44.2 Å². The fourth-order valence-electron chi connectivity index (χ4n) is 4.16. The molecular formula is C23H27N3O3. The molecule has 29 heavy (non-hydrogen) atoms. The Morgan fingerprint density at radius 2 is 1.59 bits per heavy atom. The molecule has 2 aliphatic rings. The lowest BCUT2D eigenvalue weighted by atomic mass is 10.0. The Hall–Kier alpha value is -2.86. The molecule has 152 valence electrons. The van der Waals surface area contributed by atoms with Crippen molar-refractivity contribution in [3.63, 3.8) is 0 Å². The molecule has 2 aromatic carbocycles. The SMILES string of the molecule is O=C(Cc1ccccc1O)N1CCN(CC(=O)N2CCCc3ccccc32)CC1. The monoisotopic (exact) mass is 393 g/mol. The molecule has 2 aromatic rings. The number of phenolic OH excluding ortho intramolecular Hbond substituents is 1. The molecule has 2 amide bonds. The van der Waals surface area contributed by atoms with E-state index in [-0.39, 0.29) is 24.0 Å². The second kappa shape index (κ2) is 8.66. The molecule has 4 rings (SSSR count). The minimum absolute atomic E-state index is 0.0161. The molecule has 6 heteroatoms. The van der Waals surface area contributed by atoms with Crippen molar-refractivity contribution in [3.05, 3.63) is 59.7 Å². The predicted octanol–water partition coefficient (Wildman–Crippen LogP) is 2.06. The molecule has 1 saturated heterocycles. The minimum atomic E-state index is 0.0161. The van der Waals surface area contributed by atoms with Gasteiger partial charge in [0.2, 0.25) is 11.8 Å². The Balaban J connectivity index is 1.30. The molecule has 1 fully saturated rings. The van der Waals surface area contributed by atoms with Gasteiger partial charge in [0.25, 0.3) is 0 Å². The normalized spacial score (nSPS) is 17.1. The predicted molar refractivity (Wildman–Crippen MR) is 112 cm³/mol.